The molecule has 16 aliphatic rings. The first-order valence-electron chi connectivity index (χ1n) is 22.9. The molecule has 0 radical (unpaired) electrons. The SMILES string of the molecule is O=C(c1cccc(C(=O)N(C23CC4CC(CC(C4)C2)C3)C23CC4CC(CC(C4)C2)C3)n1)N(C12CC3CC(CC(C3)C1)C2)C12CC3CC(CC(C3)C1)C2. The van der Waals surface area contributed by atoms with Crippen LogP contribution in [0, 0.1) is 71.0 Å². The van der Waals surface area contributed by atoms with E-state index in [1.54, 1.807) is 0 Å². The number of carbonyl (C=O) groups excluding carboxylic acids is 2. The lowest BCUT2D eigenvalue weighted by Crippen LogP contribution is -2.72. The van der Waals surface area contributed by atoms with E-state index in [0.717, 1.165) is 71.0 Å². The average Bonchev–Trinajstić information content (AvgIpc) is 3.05. The van der Waals surface area contributed by atoms with E-state index in [-0.39, 0.29) is 34.0 Å². The highest BCUT2D eigenvalue weighted by Gasteiger charge is 2.65. The fourth-order valence-corrected chi connectivity index (χ4v) is 20.1. The van der Waals surface area contributed by atoms with Gasteiger partial charge in [-0.1, -0.05) is 6.07 Å². The van der Waals surface area contributed by atoms with Crippen molar-refractivity contribution in [3.05, 3.63) is 29.6 Å². The van der Waals surface area contributed by atoms with Gasteiger partial charge in [-0.15, -0.1) is 0 Å². The van der Waals surface area contributed by atoms with Crippen LogP contribution in [0.15, 0.2) is 18.2 Å². The van der Waals surface area contributed by atoms with Crippen LogP contribution in [-0.4, -0.2) is 48.8 Å². The Labute approximate surface area is 312 Å². The van der Waals surface area contributed by atoms with Gasteiger partial charge in [0.2, 0.25) is 0 Å². The van der Waals surface area contributed by atoms with E-state index in [0.29, 0.717) is 11.4 Å². The molecule has 16 aliphatic carbocycles. The molecule has 278 valence electrons. The molecule has 5 nitrogen and oxygen atoms in total. The summed E-state index contributed by atoms with van der Waals surface area (Å²) in [5.74, 6) is 9.97. The average molecular weight is 702 g/mol. The lowest BCUT2D eigenvalue weighted by molar-refractivity contribution is -0.156. The quantitative estimate of drug-likeness (QED) is 0.297. The molecule has 0 saturated heterocycles. The summed E-state index contributed by atoms with van der Waals surface area (Å²) >= 11 is 0. The number of hydrogen-bond donors (Lipinski definition) is 0. The Morgan fingerprint density at radius 2 is 0.577 bits per heavy atom. The van der Waals surface area contributed by atoms with E-state index in [4.69, 9.17) is 4.98 Å². The summed E-state index contributed by atoms with van der Waals surface area (Å²) in [6, 6.07) is 6.10. The van der Waals surface area contributed by atoms with Crippen molar-refractivity contribution in [2.45, 2.75) is 176 Å². The molecule has 0 atom stereocenters. The molecule has 0 spiro atoms. The maximum atomic E-state index is 15.7. The third kappa shape index (κ3) is 4.38. The van der Waals surface area contributed by atoms with E-state index < -0.39 is 0 Å². The second kappa shape index (κ2) is 10.5. The standard InChI is InChI=1S/C47H63N3O2/c51-42(49(44-16-28-4-29(17-44)6-30(5-28)18-44)45-19-31-7-32(20-45)9-33(8-31)21-45)40-2-1-3-41(48-40)43(52)50(46-22-34-10-35(23-46)12-36(11-34)24-46)47-25-37-13-38(26-47)15-39(14-37)27-47/h1-3,28-39H,4-27H2. The zero-order valence-electron chi connectivity index (χ0n) is 31.8. The van der Waals surface area contributed by atoms with Crippen molar-refractivity contribution in [1.82, 2.24) is 14.8 Å². The van der Waals surface area contributed by atoms with Crippen molar-refractivity contribution in [1.29, 1.82) is 0 Å². The normalized spacial score (nSPS) is 53.5. The lowest BCUT2D eigenvalue weighted by atomic mass is 9.48. The van der Waals surface area contributed by atoms with E-state index in [1.807, 2.05) is 12.1 Å². The van der Waals surface area contributed by atoms with Crippen LogP contribution in [0.1, 0.15) is 175 Å². The highest BCUT2D eigenvalue weighted by molar-refractivity contribution is 5.97. The van der Waals surface area contributed by atoms with E-state index in [9.17, 15) is 0 Å². The van der Waals surface area contributed by atoms with Crippen molar-refractivity contribution < 1.29 is 9.59 Å². The number of aromatic nitrogens is 1. The summed E-state index contributed by atoms with van der Waals surface area (Å²) < 4.78 is 0. The third-order valence-corrected chi connectivity index (χ3v) is 19.5. The Kier molecular flexibility index (Phi) is 6.31. The minimum Gasteiger partial charge on any atom is -0.326 e. The van der Waals surface area contributed by atoms with Gasteiger partial charge < -0.3 is 9.80 Å². The van der Waals surface area contributed by atoms with Gasteiger partial charge in [-0.25, -0.2) is 4.98 Å². The molecule has 1 heterocycles. The maximum Gasteiger partial charge on any atom is 0.273 e. The molecule has 16 fully saturated rings. The van der Waals surface area contributed by atoms with E-state index in [2.05, 4.69) is 15.9 Å². The lowest BCUT2D eigenvalue weighted by Gasteiger charge is -2.68. The van der Waals surface area contributed by atoms with Crippen molar-refractivity contribution >= 4 is 11.8 Å². The summed E-state index contributed by atoms with van der Waals surface area (Å²) in [5, 5.41) is 0. The summed E-state index contributed by atoms with van der Waals surface area (Å²) in [7, 11) is 0. The second-order valence-corrected chi connectivity index (χ2v) is 23.3. The third-order valence-electron chi connectivity index (χ3n) is 19.5. The van der Waals surface area contributed by atoms with Crippen LogP contribution in [0.5, 0.6) is 0 Å². The minimum absolute atomic E-state index is 0.00360. The van der Waals surface area contributed by atoms with Crippen LogP contribution < -0.4 is 0 Å². The van der Waals surface area contributed by atoms with Gasteiger partial charge in [0.05, 0.1) is 0 Å². The largest absolute Gasteiger partial charge is 0.326 e. The van der Waals surface area contributed by atoms with Crippen LogP contribution in [-0.2, 0) is 0 Å². The number of nitrogens with zero attached hydrogens (tertiary/aromatic N) is 3. The van der Waals surface area contributed by atoms with Crippen molar-refractivity contribution in [3.63, 3.8) is 0 Å². The molecule has 0 unspecified atom stereocenters. The van der Waals surface area contributed by atoms with Gasteiger partial charge in [-0.05, 0) is 237 Å². The number of carbonyl (C=O) groups is 2. The molecule has 0 N–H and O–H groups in total. The van der Waals surface area contributed by atoms with Crippen LogP contribution >= 0.6 is 0 Å². The van der Waals surface area contributed by atoms with Crippen molar-refractivity contribution in [3.8, 4) is 0 Å². The molecular weight excluding hydrogens is 639 g/mol. The smallest absolute Gasteiger partial charge is 0.273 e. The maximum absolute atomic E-state index is 15.7. The second-order valence-electron chi connectivity index (χ2n) is 23.3. The molecule has 17 rings (SSSR count). The number of pyridine rings is 1. The van der Waals surface area contributed by atoms with Gasteiger partial charge >= 0.3 is 0 Å². The highest BCUT2D eigenvalue weighted by Crippen LogP contribution is 2.66. The fourth-order valence-electron chi connectivity index (χ4n) is 20.1. The molecule has 2 amide bonds. The zero-order chi connectivity index (χ0) is 34.2. The Balaban J connectivity index is 0.904. The first-order valence-corrected chi connectivity index (χ1v) is 22.9. The van der Waals surface area contributed by atoms with Crippen LogP contribution in [0.25, 0.3) is 0 Å². The van der Waals surface area contributed by atoms with Crippen LogP contribution in [0.4, 0.5) is 0 Å². The number of hydrogen-bond acceptors (Lipinski definition) is 3. The summed E-state index contributed by atoms with van der Waals surface area (Å²) in [5.41, 5.74) is 1.20. The first-order chi connectivity index (χ1) is 25.2. The summed E-state index contributed by atoms with van der Waals surface area (Å²) in [6.07, 6.45) is 31.4. The van der Waals surface area contributed by atoms with E-state index in [1.165, 1.54) is 154 Å². The Hall–Kier alpha value is -1.91. The monoisotopic (exact) mass is 701 g/mol. The topological polar surface area (TPSA) is 53.5 Å². The molecule has 1 aromatic heterocycles. The van der Waals surface area contributed by atoms with E-state index >= 15 is 9.59 Å². The fraction of sp³-hybridized carbons (Fsp3) is 0.851. The summed E-state index contributed by atoms with van der Waals surface area (Å²) in [4.78, 5) is 42.0. The van der Waals surface area contributed by atoms with Crippen LogP contribution in [0.3, 0.4) is 0 Å². The molecule has 16 saturated carbocycles. The zero-order valence-corrected chi connectivity index (χ0v) is 31.8. The predicted molar refractivity (Wildman–Crippen MR) is 200 cm³/mol. The Morgan fingerprint density at radius 1 is 0.385 bits per heavy atom. The number of rotatable bonds is 6. The summed E-state index contributed by atoms with van der Waals surface area (Å²) in [6.45, 7) is 0. The van der Waals surface area contributed by atoms with Gasteiger partial charge in [-0.3, -0.25) is 9.59 Å². The van der Waals surface area contributed by atoms with Gasteiger partial charge in [0, 0.05) is 22.2 Å². The first kappa shape index (κ1) is 31.3. The van der Waals surface area contributed by atoms with Crippen LogP contribution in [0.2, 0.25) is 0 Å². The minimum atomic E-state index is 0.00360. The molecular formula is C47H63N3O2. The van der Waals surface area contributed by atoms with Gasteiger partial charge in [0.1, 0.15) is 11.4 Å². The van der Waals surface area contributed by atoms with Gasteiger partial charge in [0.15, 0.2) is 0 Å². The Morgan fingerprint density at radius 3 is 0.769 bits per heavy atom. The molecule has 5 heteroatoms. The number of amides is 2. The van der Waals surface area contributed by atoms with Crippen molar-refractivity contribution in [2.75, 3.05) is 0 Å². The predicted octanol–water partition coefficient (Wildman–Crippen LogP) is 9.84. The molecule has 0 aromatic carbocycles. The highest BCUT2D eigenvalue weighted by atomic mass is 16.2. The van der Waals surface area contributed by atoms with Crippen molar-refractivity contribution in [2.24, 2.45) is 71.0 Å². The molecule has 1 aromatic rings. The van der Waals surface area contributed by atoms with Gasteiger partial charge in [-0.2, -0.15) is 0 Å². The molecule has 16 bridgehead atoms. The Bertz CT molecular complexity index is 1360. The molecule has 0 aliphatic heterocycles. The molecule has 52 heavy (non-hydrogen) atoms. The van der Waals surface area contributed by atoms with Gasteiger partial charge in [0.25, 0.3) is 11.8 Å².